The Hall–Kier alpha value is -1.10. The predicted octanol–water partition coefficient (Wildman–Crippen LogP) is 1.81. The van der Waals surface area contributed by atoms with Crippen LogP contribution in [0.4, 0.5) is 5.13 Å². The lowest BCUT2D eigenvalue weighted by Gasteiger charge is -2.33. The Morgan fingerprint density at radius 3 is 3.07 bits per heavy atom. The standard InChI is InChI=1S/C10H16N4S/c1-7-4-2-3-5-14(7)10-13-8(6-15-10)9(11)12/h6-7H,2-5H2,1H3,(H3,11,12). The Morgan fingerprint density at radius 1 is 1.67 bits per heavy atom. The van der Waals surface area contributed by atoms with E-state index in [9.17, 15) is 0 Å². The zero-order chi connectivity index (χ0) is 10.8. The molecule has 15 heavy (non-hydrogen) atoms. The number of aromatic nitrogens is 1. The highest BCUT2D eigenvalue weighted by atomic mass is 32.1. The van der Waals surface area contributed by atoms with Gasteiger partial charge in [-0.2, -0.15) is 0 Å². The number of nitrogen functional groups attached to an aromatic ring is 1. The summed E-state index contributed by atoms with van der Waals surface area (Å²) in [6.07, 6.45) is 3.77. The van der Waals surface area contributed by atoms with Gasteiger partial charge in [0, 0.05) is 18.0 Å². The number of piperidine rings is 1. The number of hydrogen-bond donors (Lipinski definition) is 2. The first-order valence-electron chi connectivity index (χ1n) is 5.25. The Balaban J connectivity index is 2.17. The van der Waals surface area contributed by atoms with Gasteiger partial charge >= 0.3 is 0 Å². The number of anilines is 1. The molecule has 3 N–H and O–H groups in total. The van der Waals surface area contributed by atoms with E-state index in [-0.39, 0.29) is 5.84 Å². The summed E-state index contributed by atoms with van der Waals surface area (Å²) in [6.45, 7) is 3.31. The van der Waals surface area contributed by atoms with Crippen molar-refractivity contribution in [2.45, 2.75) is 32.2 Å². The van der Waals surface area contributed by atoms with Crippen molar-refractivity contribution < 1.29 is 0 Å². The lowest BCUT2D eigenvalue weighted by atomic mass is 10.1. The third kappa shape index (κ3) is 2.12. The molecule has 0 saturated carbocycles. The minimum atomic E-state index is 0.0576. The van der Waals surface area contributed by atoms with Crippen LogP contribution in [0.3, 0.4) is 0 Å². The summed E-state index contributed by atoms with van der Waals surface area (Å²) in [4.78, 5) is 6.70. The fraction of sp³-hybridized carbons (Fsp3) is 0.600. The van der Waals surface area contributed by atoms with Crippen LogP contribution in [0.2, 0.25) is 0 Å². The van der Waals surface area contributed by atoms with Gasteiger partial charge in [0.2, 0.25) is 0 Å². The average Bonchev–Trinajstić information content (AvgIpc) is 2.67. The largest absolute Gasteiger partial charge is 0.382 e. The molecule has 0 bridgehead atoms. The topological polar surface area (TPSA) is 66.0 Å². The first-order chi connectivity index (χ1) is 7.18. The summed E-state index contributed by atoms with van der Waals surface area (Å²) in [5.41, 5.74) is 6.00. The molecule has 0 aromatic carbocycles. The molecule has 2 rings (SSSR count). The quantitative estimate of drug-likeness (QED) is 0.594. The van der Waals surface area contributed by atoms with Crippen molar-refractivity contribution >= 4 is 22.3 Å². The fourth-order valence-electron chi connectivity index (χ4n) is 1.90. The van der Waals surface area contributed by atoms with E-state index in [2.05, 4.69) is 16.8 Å². The normalized spacial score (nSPS) is 21.7. The van der Waals surface area contributed by atoms with Crippen molar-refractivity contribution in [3.8, 4) is 0 Å². The minimum absolute atomic E-state index is 0.0576. The van der Waals surface area contributed by atoms with E-state index in [4.69, 9.17) is 11.1 Å². The van der Waals surface area contributed by atoms with E-state index in [0.29, 0.717) is 11.7 Å². The van der Waals surface area contributed by atoms with E-state index >= 15 is 0 Å². The van der Waals surface area contributed by atoms with Gasteiger partial charge < -0.3 is 10.6 Å². The number of nitrogens with zero attached hydrogens (tertiary/aromatic N) is 2. The van der Waals surface area contributed by atoms with Crippen molar-refractivity contribution in [3.63, 3.8) is 0 Å². The van der Waals surface area contributed by atoms with E-state index in [1.54, 1.807) is 11.3 Å². The van der Waals surface area contributed by atoms with Crippen molar-refractivity contribution in [1.29, 1.82) is 5.41 Å². The van der Waals surface area contributed by atoms with Crippen LogP contribution in [0.5, 0.6) is 0 Å². The van der Waals surface area contributed by atoms with Gasteiger partial charge in [0.1, 0.15) is 11.5 Å². The first kappa shape index (κ1) is 10.4. The van der Waals surface area contributed by atoms with Crippen LogP contribution >= 0.6 is 11.3 Å². The highest BCUT2D eigenvalue weighted by Crippen LogP contribution is 2.27. The zero-order valence-corrected chi connectivity index (χ0v) is 9.68. The lowest BCUT2D eigenvalue weighted by molar-refractivity contribution is 0.484. The maximum atomic E-state index is 7.32. The number of thiazole rings is 1. The molecule has 1 aliphatic rings. The summed E-state index contributed by atoms with van der Waals surface area (Å²) in [6, 6.07) is 0.560. The molecule has 2 heterocycles. The molecule has 1 aliphatic heterocycles. The van der Waals surface area contributed by atoms with Crippen LogP contribution in [-0.4, -0.2) is 23.4 Å². The van der Waals surface area contributed by atoms with E-state index in [0.717, 1.165) is 11.7 Å². The molecule has 1 unspecified atom stereocenters. The second kappa shape index (κ2) is 4.18. The Labute approximate surface area is 93.6 Å². The van der Waals surface area contributed by atoms with Crippen molar-refractivity contribution in [3.05, 3.63) is 11.1 Å². The Kier molecular flexibility index (Phi) is 2.90. The molecule has 5 heteroatoms. The van der Waals surface area contributed by atoms with E-state index < -0.39 is 0 Å². The van der Waals surface area contributed by atoms with Gasteiger partial charge in [0.15, 0.2) is 5.13 Å². The minimum Gasteiger partial charge on any atom is -0.382 e. The SMILES string of the molecule is CC1CCCCN1c1nc(C(=N)N)cs1. The van der Waals surface area contributed by atoms with Crippen LogP contribution in [0.15, 0.2) is 5.38 Å². The second-order valence-corrected chi connectivity index (χ2v) is 4.80. The molecule has 1 aromatic heterocycles. The monoisotopic (exact) mass is 224 g/mol. The zero-order valence-electron chi connectivity index (χ0n) is 8.86. The fourth-order valence-corrected chi connectivity index (χ4v) is 2.86. The Morgan fingerprint density at radius 2 is 2.47 bits per heavy atom. The van der Waals surface area contributed by atoms with Gasteiger partial charge in [0.25, 0.3) is 0 Å². The summed E-state index contributed by atoms with van der Waals surface area (Å²) >= 11 is 1.58. The molecule has 4 nitrogen and oxygen atoms in total. The summed E-state index contributed by atoms with van der Waals surface area (Å²) in [5.74, 6) is 0.0576. The molecule has 0 amide bonds. The number of rotatable bonds is 2. The molecule has 1 atom stereocenters. The second-order valence-electron chi connectivity index (χ2n) is 3.97. The van der Waals surface area contributed by atoms with Gasteiger partial charge in [-0.15, -0.1) is 11.3 Å². The maximum Gasteiger partial charge on any atom is 0.186 e. The number of nitrogens with one attached hydrogen (secondary N) is 1. The van der Waals surface area contributed by atoms with Crippen molar-refractivity contribution in [1.82, 2.24) is 4.98 Å². The van der Waals surface area contributed by atoms with Crippen molar-refractivity contribution in [2.75, 3.05) is 11.4 Å². The molecule has 1 saturated heterocycles. The summed E-state index contributed by atoms with van der Waals surface area (Å²) in [5, 5.41) is 10.2. The van der Waals surface area contributed by atoms with Gasteiger partial charge in [-0.3, -0.25) is 5.41 Å². The van der Waals surface area contributed by atoms with E-state index in [1.807, 2.05) is 5.38 Å². The first-order valence-corrected chi connectivity index (χ1v) is 6.13. The van der Waals surface area contributed by atoms with Crippen molar-refractivity contribution in [2.24, 2.45) is 5.73 Å². The number of amidine groups is 1. The van der Waals surface area contributed by atoms with Crippen LogP contribution in [0.1, 0.15) is 31.9 Å². The molecular formula is C10H16N4S. The van der Waals surface area contributed by atoms with Crippen LogP contribution in [0, 0.1) is 5.41 Å². The molecular weight excluding hydrogens is 208 g/mol. The van der Waals surface area contributed by atoms with Crippen LogP contribution in [-0.2, 0) is 0 Å². The highest BCUT2D eigenvalue weighted by molar-refractivity contribution is 7.13. The molecule has 0 spiro atoms. The average molecular weight is 224 g/mol. The van der Waals surface area contributed by atoms with Gasteiger partial charge in [-0.25, -0.2) is 4.98 Å². The van der Waals surface area contributed by atoms with E-state index in [1.165, 1.54) is 19.3 Å². The Bertz CT molecular complexity index is 360. The lowest BCUT2D eigenvalue weighted by Crippen LogP contribution is -2.37. The van der Waals surface area contributed by atoms with Gasteiger partial charge in [-0.05, 0) is 26.2 Å². The molecule has 0 radical (unpaired) electrons. The third-order valence-corrected chi connectivity index (χ3v) is 3.69. The van der Waals surface area contributed by atoms with Gasteiger partial charge in [0.05, 0.1) is 0 Å². The third-order valence-electron chi connectivity index (χ3n) is 2.82. The molecule has 0 aliphatic carbocycles. The smallest absolute Gasteiger partial charge is 0.186 e. The van der Waals surface area contributed by atoms with Crippen LogP contribution < -0.4 is 10.6 Å². The molecule has 1 aromatic rings. The van der Waals surface area contributed by atoms with Gasteiger partial charge in [-0.1, -0.05) is 0 Å². The highest BCUT2D eigenvalue weighted by Gasteiger charge is 2.21. The predicted molar refractivity (Wildman–Crippen MR) is 63.8 cm³/mol. The molecule has 1 fully saturated rings. The summed E-state index contributed by atoms with van der Waals surface area (Å²) in [7, 11) is 0. The summed E-state index contributed by atoms with van der Waals surface area (Å²) < 4.78 is 0. The molecule has 82 valence electrons. The van der Waals surface area contributed by atoms with Crippen LogP contribution in [0.25, 0.3) is 0 Å². The number of nitrogens with two attached hydrogens (primary N) is 1. The number of hydrogen-bond acceptors (Lipinski definition) is 4. The maximum absolute atomic E-state index is 7.32.